The minimum absolute atomic E-state index is 0.0354. The van der Waals surface area contributed by atoms with E-state index in [2.05, 4.69) is 21.0 Å². The molecule has 0 fully saturated rings. The maximum absolute atomic E-state index is 12.5. The van der Waals surface area contributed by atoms with E-state index in [1.54, 1.807) is 36.6 Å². The van der Waals surface area contributed by atoms with Crippen LogP contribution in [-0.4, -0.2) is 30.8 Å². The molecule has 0 N–H and O–H groups in total. The zero-order valence-electron chi connectivity index (χ0n) is 14.4. The molecule has 0 radical (unpaired) electrons. The van der Waals surface area contributed by atoms with Crippen molar-refractivity contribution in [3.05, 3.63) is 68.4 Å². The summed E-state index contributed by atoms with van der Waals surface area (Å²) in [6.07, 6.45) is 0. The molecule has 8 nitrogen and oxygen atoms in total. The summed E-state index contributed by atoms with van der Waals surface area (Å²) < 4.78 is 36.3. The zero-order valence-corrected chi connectivity index (χ0v) is 17.6. The molecule has 0 aliphatic rings. The van der Waals surface area contributed by atoms with E-state index in [0.717, 1.165) is 22.1 Å². The fourth-order valence-electron chi connectivity index (χ4n) is 2.20. The lowest BCUT2D eigenvalue weighted by atomic mass is 10.3. The summed E-state index contributed by atoms with van der Waals surface area (Å²) in [5.74, 6) is -1.41. The van der Waals surface area contributed by atoms with E-state index in [1.165, 1.54) is 12.1 Å². The standard InChI is InChI=1S/C17H13BrN2O6S2/c1-2-25-17(22)16-13(26-28(23,24)15-7-4-8-27-15)10-14(21)20(19-16)12-6-3-5-11(18)9-12/h3-10H,2H2,1H3. The average Bonchev–Trinajstić information content (AvgIpc) is 3.17. The number of esters is 1. The van der Waals surface area contributed by atoms with Gasteiger partial charge >= 0.3 is 16.1 Å². The normalized spacial score (nSPS) is 11.2. The van der Waals surface area contributed by atoms with Crippen molar-refractivity contribution < 1.29 is 22.1 Å². The van der Waals surface area contributed by atoms with E-state index in [4.69, 9.17) is 8.92 Å². The van der Waals surface area contributed by atoms with Crippen molar-refractivity contribution in [2.45, 2.75) is 11.1 Å². The molecule has 3 aromatic rings. The van der Waals surface area contributed by atoms with E-state index in [-0.39, 0.29) is 10.8 Å². The monoisotopic (exact) mass is 484 g/mol. The molecule has 146 valence electrons. The molecule has 0 saturated carbocycles. The van der Waals surface area contributed by atoms with Crippen LogP contribution >= 0.6 is 27.3 Å². The van der Waals surface area contributed by atoms with Gasteiger partial charge in [-0.05, 0) is 36.6 Å². The van der Waals surface area contributed by atoms with Crippen molar-refractivity contribution >= 4 is 43.4 Å². The minimum Gasteiger partial charge on any atom is -0.461 e. The number of halogens is 1. The van der Waals surface area contributed by atoms with Gasteiger partial charge in [0, 0.05) is 4.47 Å². The molecule has 0 unspecified atom stereocenters. The van der Waals surface area contributed by atoms with Crippen molar-refractivity contribution in [3.8, 4) is 11.4 Å². The fraction of sp³-hybridized carbons (Fsp3) is 0.118. The summed E-state index contributed by atoms with van der Waals surface area (Å²) in [6, 6.07) is 10.4. The summed E-state index contributed by atoms with van der Waals surface area (Å²) in [5.41, 5.74) is -0.735. The number of ether oxygens (including phenoxy) is 1. The fourth-order valence-corrected chi connectivity index (χ4v) is 4.47. The molecule has 2 aromatic heterocycles. The minimum atomic E-state index is -4.23. The van der Waals surface area contributed by atoms with Gasteiger partial charge in [-0.25, -0.2) is 4.79 Å². The first-order valence-corrected chi connectivity index (χ1v) is 11.0. The Hall–Kier alpha value is -2.50. The number of rotatable bonds is 6. The molecule has 0 spiro atoms. The lowest BCUT2D eigenvalue weighted by molar-refractivity contribution is 0.0515. The van der Waals surface area contributed by atoms with E-state index in [0.29, 0.717) is 10.2 Å². The highest BCUT2D eigenvalue weighted by atomic mass is 79.9. The van der Waals surface area contributed by atoms with Crippen LogP contribution in [0.4, 0.5) is 0 Å². The first-order valence-electron chi connectivity index (χ1n) is 7.87. The van der Waals surface area contributed by atoms with E-state index < -0.39 is 33.1 Å². The smallest absolute Gasteiger partial charge is 0.362 e. The third-order valence-electron chi connectivity index (χ3n) is 3.36. The lowest BCUT2D eigenvalue weighted by Crippen LogP contribution is -2.26. The van der Waals surface area contributed by atoms with Gasteiger partial charge in [0.15, 0.2) is 9.96 Å². The first-order chi connectivity index (χ1) is 13.3. The van der Waals surface area contributed by atoms with E-state index in [9.17, 15) is 18.0 Å². The number of carbonyl (C=O) groups is 1. The molecule has 11 heteroatoms. The number of thiophene rings is 1. The molecule has 1 aromatic carbocycles. The Morgan fingerprint density at radius 3 is 2.68 bits per heavy atom. The largest absolute Gasteiger partial charge is 0.461 e. The predicted octanol–water partition coefficient (Wildman–Crippen LogP) is 3.00. The summed E-state index contributed by atoms with van der Waals surface area (Å²) in [7, 11) is -4.23. The van der Waals surface area contributed by atoms with Crippen molar-refractivity contribution in [1.82, 2.24) is 9.78 Å². The third kappa shape index (κ3) is 4.32. The lowest BCUT2D eigenvalue weighted by Gasteiger charge is -2.12. The van der Waals surface area contributed by atoms with Crippen molar-refractivity contribution in [2.75, 3.05) is 6.61 Å². The molecular formula is C17H13BrN2O6S2. The van der Waals surface area contributed by atoms with E-state index >= 15 is 0 Å². The highest BCUT2D eigenvalue weighted by molar-refractivity contribution is 9.10. The van der Waals surface area contributed by atoms with Crippen LogP contribution in [0.15, 0.2) is 61.3 Å². The summed E-state index contributed by atoms with van der Waals surface area (Å²) >= 11 is 4.24. The van der Waals surface area contributed by atoms with Gasteiger partial charge in [-0.1, -0.05) is 28.1 Å². The van der Waals surface area contributed by atoms with Crippen LogP contribution in [0.25, 0.3) is 5.69 Å². The number of hydrogen-bond acceptors (Lipinski definition) is 8. The summed E-state index contributed by atoms with van der Waals surface area (Å²) in [5, 5.41) is 5.55. The highest BCUT2D eigenvalue weighted by Crippen LogP contribution is 2.24. The Kier molecular flexibility index (Phi) is 5.96. The summed E-state index contributed by atoms with van der Waals surface area (Å²) in [6.45, 7) is 1.62. The van der Waals surface area contributed by atoms with Gasteiger partial charge < -0.3 is 8.92 Å². The van der Waals surface area contributed by atoms with Gasteiger partial charge in [-0.2, -0.15) is 18.2 Å². The van der Waals surface area contributed by atoms with Crippen LogP contribution in [0.2, 0.25) is 0 Å². The molecule has 3 rings (SSSR count). The second kappa shape index (κ2) is 8.25. The first kappa shape index (κ1) is 20.2. The maximum Gasteiger partial charge on any atom is 0.362 e. The van der Waals surface area contributed by atoms with Crippen LogP contribution in [0.3, 0.4) is 0 Å². The second-order valence-corrected chi connectivity index (χ2v) is 8.91. The van der Waals surface area contributed by atoms with Crippen LogP contribution in [0.1, 0.15) is 17.4 Å². The maximum atomic E-state index is 12.5. The van der Waals surface area contributed by atoms with Gasteiger partial charge in [0.05, 0.1) is 18.4 Å². The van der Waals surface area contributed by atoms with Gasteiger partial charge in [-0.3, -0.25) is 4.79 Å². The topological polar surface area (TPSA) is 105 Å². The Morgan fingerprint density at radius 1 is 1.25 bits per heavy atom. The zero-order chi connectivity index (χ0) is 20.3. The highest BCUT2D eigenvalue weighted by Gasteiger charge is 2.26. The molecular weight excluding hydrogens is 472 g/mol. The molecule has 2 heterocycles. The van der Waals surface area contributed by atoms with Crippen LogP contribution in [0, 0.1) is 0 Å². The molecule has 0 aliphatic carbocycles. The number of nitrogens with zero attached hydrogens (tertiary/aromatic N) is 2. The molecule has 0 aliphatic heterocycles. The molecule has 28 heavy (non-hydrogen) atoms. The summed E-state index contributed by atoms with van der Waals surface area (Å²) in [4.78, 5) is 24.8. The molecule has 0 bridgehead atoms. The second-order valence-electron chi connectivity index (χ2n) is 5.28. The predicted molar refractivity (Wildman–Crippen MR) is 106 cm³/mol. The molecule has 0 saturated heterocycles. The Labute approximate surface area is 172 Å². The quantitative estimate of drug-likeness (QED) is 0.391. The van der Waals surface area contributed by atoms with Crippen molar-refractivity contribution in [3.63, 3.8) is 0 Å². The van der Waals surface area contributed by atoms with Gasteiger partial charge in [0.1, 0.15) is 0 Å². The Morgan fingerprint density at radius 2 is 2.04 bits per heavy atom. The van der Waals surface area contributed by atoms with E-state index in [1.807, 2.05) is 0 Å². The Bertz CT molecular complexity index is 1170. The number of aromatic nitrogens is 2. The third-order valence-corrected chi connectivity index (χ3v) is 6.44. The van der Waals surface area contributed by atoms with Gasteiger partial charge in [0.25, 0.3) is 5.56 Å². The molecule has 0 atom stereocenters. The van der Waals surface area contributed by atoms with Gasteiger partial charge in [0.2, 0.25) is 5.69 Å². The average molecular weight is 485 g/mol. The number of benzene rings is 1. The van der Waals surface area contributed by atoms with Crippen molar-refractivity contribution in [2.24, 2.45) is 0 Å². The SMILES string of the molecule is CCOC(=O)c1nn(-c2cccc(Br)c2)c(=O)cc1OS(=O)(=O)c1cccs1. The van der Waals surface area contributed by atoms with Crippen LogP contribution in [0.5, 0.6) is 5.75 Å². The number of hydrogen-bond donors (Lipinski definition) is 0. The Balaban J connectivity index is 2.13. The molecule has 0 amide bonds. The number of carbonyl (C=O) groups excluding carboxylic acids is 1. The van der Waals surface area contributed by atoms with Crippen molar-refractivity contribution in [1.29, 1.82) is 0 Å². The van der Waals surface area contributed by atoms with Crippen LogP contribution in [-0.2, 0) is 14.9 Å². The van der Waals surface area contributed by atoms with Gasteiger partial charge in [-0.15, -0.1) is 11.3 Å². The van der Waals surface area contributed by atoms with Crippen LogP contribution < -0.4 is 9.74 Å².